The molecule has 1 fully saturated rings. The number of nitrogens with one attached hydrogen (secondary N) is 1. The van der Waals surface area contributed by atoms with Gasteiger partial charge in [0.05, 0.1) is 13.2 Å². The third-order valence-corrected chi connectivity index (χ3v) is 4.94. The van der Waals surface area contributed by atoms with Gasteiger partial charge in [-0.3, -0.25) is 9.59 Å². The van der Waals surface area contributed by atoms with E-state index >= 15 is 0 Å². The number of anilines is 2. The molecule has 0 saturated carbocycles. The van der Waals surface area contributed by atoms with Gasteiger partial charge in [-0.2, -0.15) is 0 Å². The summed E-state index contributed by atoms with van der Waals surface area (Å²) in [5.41, 5.74) is 1.93. The molecule has 3 aromatic rings. The number of hydrogen-bond acceptors (Lipinski definition) is 6. The molecule has 30 heavy (non-hydrogen) atoms. The topological polar surface area (TPSA) is 80.8 Å². The Labute approximate surface area is 174 Å². The molecule has 1 aliphatic heterocycles. The van der Waals surface area contributed by atoms with Crippen molar-refractivity contribution in [1.29, 1.82) is 0 Å². The van der Waals surface area contributed by atoms with Crippen molar-refractivity contribution in [3.8, 4) is 5.75 Å². The molecule has 0 atom stereocenters. The van der Waals surface area contributed by atoms with E-state index in [4.69, 9.17) is 14.5 Å². The molecule has 4 rings (SSSR count). The predicted molar refractivity (Wildman–Crippen MR) is 115 cm³/mol. The number of pyridine rings is 1. The van der Waals surface area contributed by atoms with Crippen LogP contribution in [0.2, 0.25) is 0 Å². The predicted octanol–water partition coefficient (Wildman–Crippen LogP) is 3.29. The number of hydrogen-bond donors (Lipinski definition) is 1. The zero-order valence-corrected chi connectivity index (χ0v) is 16.8. The molecule has 1 saturated heterocycles. The van der Waals surface area contributed by atoms with Crippen LogP contribution in [0.4, 0.5) is 11.5 Å². The second-order valence-corrected chi connectivity index (χ2v) is 7.07. The number of ketones is 1. The van der Waals surface area contributed by atoms with Crippen molar-refractivity contribution >= 4 is 34.1 Å². The van der Waals surface area contributed by atoms with Crippen molar-refractivity contribution in [2.45, 2.75) is 6.92 Å². The maximum absolute atomic E-state index is 12.3. The number of benzene rings is 2. The lowest BCUT2D eigenvalue weighted by Gasteiger charge is -2.28. The standard InChI is InChI=1S/C23H23N3O4/c1-16(27)17-5-8-19(9-6-17)24-22(28)15-30-20-4-2-3-18-7-10-21(25-23(18)20)26-11-13-29-14-12-26/h2-10H,11-15H2,1H3,(H,24,28). The van der Waals surface area contributed by atoms with Crippen molar-refractivity contribution in [3.63, 3.8) is 0 Å². The number of Topliss-reactive ketones (excluding diaryl/α,β-unsaturated/α-hetero) is 1. The summed E-state index contributed by atoms with van der Waals surface area (Å²) in [6, 6.07) is 16.4. The molecule has 0 aliphatic carbocycles. The van der Waals surface area contributed by atoms with Crippen LogP contribution in [-0.2, 0) is 9.53 Å². The Balaban J connectivity index is 1.45. The molecule has 7 heteroatoms. The Morgan fingerprint density at radius 3 is 2.57 bits per heavy atom. The van der Waals surface area contributed by atoms with E-state index in [-0.39, 0.29) is 18.3 Å². The molecule has 1 amide bonds. The van der Waals surface area contributed by atoms with Gasteiger partial charge in [-0.1, -0.05) is 12.1 Å². The van der Waals surface area contributed by atoms with Crippen LogP contribution in [0.5, 0.6) is 5.75 Å². The number of morpholine rings is 1. The highest BCUT2D eigenvalue weighted by molar-refractivity contribution is 5.96. The first kappa shape index (κ1) is 19.8. The van der Waals surface area contributed by atoms with Crippen LogP contribution >= 0.6 is 0 Å². The molecule has 154 valence electrons. The number of rotatable bonds is 6. The molecule has 1 N–H and O–H groups in total. The van der Waals surface area contributed by atoms with Crippen LogP contribution in [0.15, 0.2) is 54.6 Å². The number of fused-ring (bicyclic) bond motifs is 1. The molecule has 0 unspecified atom stereocenters. The third-order valence-electron chi connectivity index (χ3n) is 4.94. The second-order valence-electron chi connectivity index (χ2n) is 7.07. The summed E-state index contributed by atoms with van der Waals surface area (Å²) in [4.78, 5) is 30.6. The molecule has 0 spiro atoms. The average Bonchev–Trinajstić information content (AvgIpc) is 2.78. The maximum atomic E-state index is 12.3. The van der Waals surface area contributed by atoms with Gasteiger partial charge in [0.1, 0.15) is 17.1 Å². The monoisotopic (exact) mass is 405 g/mol. The van der Waals surface area contributed by atoms with E-state index in [1.807, 2.05) is 30.3 Å². The molecule has 0 radical (unpaired) electrons. The van der Waals surface area contributed by atoms with Gasteiger partial charge < -0.3 is 19.7 Å². The van der Waals surface area contributed by atoms with E-state index in [9.17, 15) is 9.59 Å². The number of amides is 1. The Morgan fingerprint density at radius 2 is 1.83 bits per heavy atom. The Morgan fingerprint density at radius 1 is 1.07 bits per heavy atom. The van der Waals surface area contributed by atoms with Crippen LogP contribution in [0.1, 0.15) is 17.3 Å². The summed E-state index contributed by atoms with van der Waals surface area (Å²) >= 11 is 0. The van der Waals surface area contributed by atoms with Crippen LogP contribution in [-0.4, -0.2) is 49.6 Å². The van der Waals surface area contributed by atoms with Crippen LogP contribution in [0.25, 0.3) is 10.9 Å². The molecular weight excluding hydrogens is 382 g/mol. The minimum atomic E-state index is -0.285. The lowest BCUT2D eigenvalue weighted by Crippen LogP contribution is -2.36. The molecule has 1 aliphatic rings. The molecular formula is C23H23N3O4. The van der Waals surface area contributed by atoms with Gasteiger partial charge >= 0.3 is 0 Å². The van der Waals surface area contributed by atoms with Gasteiger partial charge in [0, 0.05) is 29.7 Å². The zero-order valence-electron chi connectivity index (χ0n) is 16.8. The van der Waals surface area contributed by atoms with E-state index in [2.05, 4.69) is 10.2 Å². The third kappa shape index (κ3) is 4.58. The highest BCUT2D eigenvalue weighted by Gasteiger charge is 2.14. The largest absolute Gasteiger partial charge is 0.481 e. The van der Waals surface area contributed by atoms with Crippen molar-refractivity contribution in [3.05, 3.63) is 60.2 Å². The lowest BCUT2D eigenvalue weighted by atomic mass is 10.1. The fourth-order valence-electron chi connectivity index (χ4n) is 3.32. The second kappa shape index (κ2) is 8.92. The summed E-state index contributed by atoms with van der Waals surface area (Å²) in [7, 11) is 0. The minimum absolute atomic E-state index is 0.0175. The molecule has 1 aromatic heterocycles. The lowest BCUT2D eigenvalue weighted by molar-refractivity contribution is -0.118. The normalized spacial score (nSPS) is 13.8. The van der Waals surface area contributed by atoms with Gasteiger partial charge in [0.2, 0.25) is 0 Å². The number of carbonyl (C=O) groups is 2. The highest BCUT2D eigenvalue weighted by Crippen LogP contribution is 2.27. The van der Waals surface area contributed by atoms with E-state index < -0.39 is 0 Å². The van der Waals surface area contributed by atoms with Gasteiger partial charge in [0.15, 0.2) is 12.4 Å². The van der Waals surface area contributed by atoms with Gasteiger partial charge in [-0.15, -0.1) is 0 Å². The number of carbonyl (C=O) groups excluding carboxylic acids is 2. The molecule has 7 nitrogen and oxygen atoms in total. The van der Waals surface area contributed by atoms with Crippen LogP contribution in [0, 0.1) is 0 Å². The minimum Gasteiger partial charge on any atom is -0.481 e. The fourth-order valence-corrected chi connectivity index (χ4v) is 3.32. The molecule has 2 heterocycles. The van der Waals surface area contributed by atoms with Crippen molar-refractivity contribution in [2.24, 2.45) is 0 Å². The van der Waals surface area contributed by atoms with Crippen molar-refractivity contribution < 1.29 is 19.1 Å². The van der Waals surface area contributed by atoms with Gasteiger partial charge in [-0.25, -0.2) is 4.98 Å². The molecule has 0 bridgehead atoms. The van der Waals surface area contributed by atoms with E-state index in [0.717, 1.165) is 29.8 Å². The number of ether oxygens (including phenoxy) is 2. The average molecular weight is 405 g/mol. The SMILES string of the molecule is CC(=O)c1ccc(NC(=O)COc2cccc3ccc(N4CCOCC4)nc23)cc1. The summed E-state index contributed by atoms with van der Waals surface area (Å²) in [6.45, 7) is 4.33. The van der Waals surface area contributed by atoms with E-state index in [1.54, 1.807) is 24.3 Å². The summed E-state index contributed by atoms with van der Waals surface area (Å²) in [6.07, 6.45) is 0. The Kier molecular flexibility index (Phi) is 5.90. The fraction of sp³-hybridized carbons (Fsp3) is 0.261. The first-order chi connectivity index (χ1) is 14.6. The Hall–Kier alpha value is -3.45. The highest BCUT2D eigenvalue weighted by atomic mass is 16.5. The number of para-hydroxylation sites is 1. The summed E-state index contributed by atoms with van der Waals surface area (Å²) in [5.74, 6) is 1.13. The first-order valence-corrected chi connectivity index (χ1v) is 9.86. The van der Waals surface area contributed by atoms with Crippen LogP contribution in [0.3, 0.4) is 0 Å². The van der Waals surface area contributed by atoms with Gasteiger partial charge in [0.25, 0.3) is 5.91 Å². The van der Waals surface area contributed by atoms with Crippen LogP contribution < -0.4 is 15.0 Å². The summed E-state index contributed by atoms with van der Waals surface area (Å²) < 4.78 is 11.2. The zero-order chi connectivity index (χ0) is 20.9. The summed E-state index contributed by atoms with van der Waals surface area (Å²) in [5, 5.41) is 3.72. The van der Waals surface area contributed by atoms with Crippen molar-refractivity contribution in [1.82, 2.24) is 4.98 Å². The number of aromatic nitrogens is 1. The first-order valence-electron chi connectivity index (χ1n) is 9.86. The van der Waals surface area contributed by atoms with E-state index in [1.165, 1.54) is 6.92 Å². The quantitative estimate of drug-likeness (QED) is 0.634. The van der Waals surface area contributed by atoms with Gasteiger partial charge in [-0.05, 0) is 49.4 Å². The van der Waals surface area contributed by atoms with Crippen molar-refractivity contribution in [2.75, 3.05) is 43.1 Å². The smallest absolute Gasteiger partial charge is 0.262 e. The van der Waals surface area contributed by atoms with E-state index in [0.29, 0.717) is 30.2 Å². The Bertz CT molecular complexity index is 1060. The molecule has 2 aromatic carbocycles. The maximum Gasteiger partial charge on any atom is 0.262 e. The number of nitrogens with zero attached hydrogens (tertiary/aromatic N) is 2.